The predicted molar refractivity (Wildman–Crippen MR) is 61.2 cm³/mol. The molecule has 1 heterocycles. The van der Waals surface area contributed by atoms with Crippen molar-refractivity contribution in [1.29, 1.82) is 0 Å². The van der Waals surface area contributed by atoms with Crippen molar-refractivity contribution in [2.24, 2.45) is 5.73 Å². The first kappa shape index (κ1) is 12.0. The quantitative estimate of drug-likeness (QED) is 0.695. The minimum Gasteiger partial charge on any atom is -0.318 e. The zero-order chi connectivity index (χ0) is 10.4. The summed E-state index contributed by atoms with van der Waals surface area (Å²) in [5, 5.41) is 0. The average Bonchev–Trinajstić information content (AvgIpc) is 2.65. The third-order valence-corrected chi connectivity index (χ3v) is 3.04. The van der Waals surface area contributed by atoms with Crippen molar-refractivity contribution in [2.75, 3.05) is 32.8 Å². The zero-order valence-electron chi connectivity index (χ0n) is 9.71. The summed E-state index contributed by atoms with van der Waals surface area (Å²) < 4.78 is 0. The Labute approximate surface area is 88.2 Å². The van der Waals surface area contributed by atoms with Gasteiger partial charge in [-0.25, -0.2) is 0 Å². The molecule has 0 aromatic heterocycles. The normalized spacial score (nSPS) is 23.6. The SMILES string of the molecule is CCCN(CCC)C1CCN(CN)C1. The van der Waals surface area contributed by atoms with Gasteiger partial charge in [0.2, 0.25) is 0 Å². The van der Waals surface area contributed by atoms with Crippen molar-refractivity contribution < 1.29 is 0 Å². The highest BCUT2D eigenvalue weighted by Crippen LogP contribution is 2.15. The molecule has 1 aliphatic rings. The summed E-state index contributed by atoms with van der Waals surface area (Å²) in [6.45, 7) is 10.1. The molecular formula is C11H25N3. The van der Waals surface area contributed by atoms with E-state index in [1.165, 1.54) is 45.4 Å². The van der Waals surface area contributed by atoms with E-state index >= 15 is 0 Å². The second kappa shape index (κ2) is 6.38. The molecule has 14 heavy (non-hydrogen) atoms. The van der Waals surface area contributed by atoms with E-state index in [0.717, 1.165) is 12.7 Å². The number of hydrogen-bond acceptors (Lipinski definition) is 3. The fourth-order valence-corrected chi connectivity index (χ4v) is 2.33. The van der Waals surface area contributed by atoms with E-state index in [1.54, 1.807) is 0 Å². The van der Waals surface area contributed by atoms with Crippen LogP contribution in [0, 0.1) is 0 Å². The Morgan fingerprint density at radius 1 is 1.29 bits per heavy atom. The van der Waals surface area contributed by atoms with Gasteiger partial charge in [0, 0.05) is 25.8 Å². The van der Waals surface area contributed by atoms with E-state index in [-0.39, 0.29) is 0 Å². The number of nitrogens with two attached hydrogens (primary N) is 1. The van der Waals surface area contributed by atoms with E-state index < -0.39 is 0 Å². The molecule has 3 heteroatoms. The molecule has 0 aromatic carbocycles. The van der Waals surface area contributed by atoms with Crippen LogP contribution in [0.1, 0.15) is 33.1 Å². The Morgan fingerprint density at radius 2 is 1.93 bits per heavy atom. The summed E-state index contributed by atoms with van der Waals surface area (Å²) in [5.74, 6) is 0. The van der Waals surface area contributed by atoms with Gasteiger partial charge in [-0.3, -0.25) is 9.80 Å². The van der Waals surface area contributed by atoms with Gasteiger partial charge in [0.1, 0.15) is 0 Å². The van der Waals surface area contributed by atoms with Crippen LogP contribution in [0.3, 0.4) is 0 Å². The molecule has 1 aliphatic heterocycles. The monoisotopic (exact) mass is 199 g/mol. The fraction of sp³-hybridized carbons (Fsp3) is 1.00. The van der Waals surface area contributed by atoms with Crippen LogP contribution in [0.15, 0.2) is 0 Å². The maximum Gasteiger partial charge on any atom is 0.0455 e. The van der Waals surface area contributed by atoms with Crippen LogP contribution in [0.4, 0.5) is 0 Å². The van der Waals surface area contributed by atoms with Crippen LogP contribution in [-0.2, 0) is 0 Å². The van der Waals surface area contributed by atoms with Crippen LogP contribution >= 0.6 is 0 Å². The molecule has 1 atom stereocenters. The molecule has 84 valence electrons. The number of likely N-dealkylation sites (tertiary alicyclic amines) is 1. The molecule has 3 nitrogen and oxygen atoms in total. The van der Waals surface area contributed by atoms with Gasteiger partial charge in [-0.15, -0.1) is 0 Å². The minimum atomic E-state index is 0.725. The summed E-state index contributed by atoms with van der Waals surface area (Å²) >= 11 is 0. The molecule has 0 aromatic rings. The Kier molecular flexibility index (Phi) is 5.45. The second-order valence-electron chi connectivity index (χ2n) is 4.24. The Morgan fingerprint density at radius 3 is 2.36 bits per heavy atom. The molecule has 1 unspecified atom stereocenters. The highest BCUT2D eigenvalue weighted by Gasteiger charge is 2.25. The van der Waals surface area contributed by atoms with Gasteiger partial charge in [-0.05, 0) is 32.4 Å². The molecule has 0 bridgehead atoms. The maximum atomic E-state index is 5.65. The third-order valence-electron chi connectivity index (χ3n) is 3.04. The predicted octanol–water partition coefficient (Wildman–Crippen LogP) is 1.10. The van der Waals surface area contributed by atoms with E-state index in [1.807, 2.05) is 0 Å². The maximum absolute atomic E-state index is 5.65. The third kappa shape index (κ3) is 3.23. The summed E-state index contributed by atoms with van der Waals surface area (Å²) in [5.41, 5.74) is 5.65. The van der Waals surface area contributed by atoms with Crippen molar-refractivity contribution in [1.82, 2.24) is 9.80 Å². The lowest BCUT2D eigenvalue weighted by atomic mass is 10.2. The fourth-order valence-electron chi connectivity index (χ4n) is 2.33. The summed E-state index contributed by atoms with van der Waals surface area (Å²) in [6, 6.07) is 0.762. The number of hydrogen-bond donors (Lipinski definition) is 1. The molecule has 1 saturated heterocycles. The largest absolute Gasteiger partial charge is 0.318 e. The molecule has 0 aliphatic carbocycles. The summed E-state index contributed by atoms with van der Waals surface area (Å²) in [6.07, 6.45) is 3.83. The van der Waals surface area contributed by atoms with E-state index in [0.29, 0.717) is 0 Å². The molecule has 1 fully saturated rings. The summed E-state index contributed by atoms with van der Waals surface area (Å²) in [4.78, 5) is 4.98. The topological polar surface area (TPSA) is 32.5 Å². The first-order valence-electron chi connectivity index (χ1n) is 5.98. The smallest absolute Gasteiger partial charge is 0.0455 e. The molecular weight excluding hydrogens is 174 g/mol. The lowest BCUT2D eigenvalue weighted by Gasteiger charge is -2.28. The summed E-state index contributed by atoms with van der Waals surface area (Å²) in [7, 11) is 0. The van der Waals surface area contributed by atoms with Crippen LogP contribution in [0.25, 0.3) is 0 Å². The van der Waals surface area contributed by atoms with Crippen molar-refractivity contribution in [2.45, 2.75) is 39.2 Å². The van der Waals surface area contributed by atoms with Gasteiger partial charge >= 0.3 is 0 Å². The van der Waals surface area contributed by atoms with Gasteiger partial charge in [-0.1, -0.05) is 13.8 Å². The molecule has 0 amide bonds. The van der Waals surface area contributed by atoms with Crippen LogP contribution in [-0.4, -0.2) is 48.7 Å². The Balaban J connectivity index is 2.36. The first-order chi connectivity index (χ1) is 6.81. The van der Waals surface area contributed by atoms with Crippen LogP contribution in [0.5, 0.6) is 0 Å². The highest BCUT2D eigenvalue weighted by atomic mass is 15.3. The van der Waals surface area contributed by atoms with Crippen molar-refractivity contribution in [3.8, 4) is 0 Å². The lowest BCUT2D eigenvalue weighted by Crippen LogP contribution is -2.39. The zero-order valence-corrected chi connectivity index (χ0v) is 9.71. The van der Waals surface area contributed by atoms with E-state index in [9.17, 15) is 0 Å². The Hall–Kier alpha value is -0.120. The lowest BCUT2D eigenvalue weighted by molar-refractivity contribution is 0.193. The molecule has 2 N–H and O–H groups in total. The van der Waals surface area contributed by atoms with E-state index in [4.69, 9.17) is 5.73 Å². The van der Waals surface area contributed by atoms with Crippen molar-refractivity contribution in [3.05, 3.63) is 0 Å². The second-order valence-corrected chi connectivity index (χ2v) is 4.24. The minimum absolute atomic E-state index is 0.725. The van der Waals surface area contributed by atoms with Crippen LogP contribution in [0.2, 0.25) is 0 Å². The van der Waals surface area contributed by atoms with Gasteiger partial charge in [0.05, 0.1) is 0 Å². The number of rotatable bonds is 6. The van der Waals surface area contributed by atoms with Crippen molar-refractivity contribution >= 4 is 0 Å². The standard InChI is InChI=1S/C11H25N3/c1-3-6-14(7-4-2)11-5-8-13(9-11)10-12/h11H,3-10,12H2,1-2H3. The molecule has 0 saturated carbocycles. The van der Waals surface area contributed by atoms with Gasteiger partial charge < -0.3 is 5.73 Å². The molecule has 1 rings (SSSR count). The number of nitrogens with zero attached hydrogens (tertiary/aromatic N) is 2. The van der Waals surface area contributed by atoms with Crippen LogP contribution < -0.4 is 5.73 Å². The van der Waals surface area contributed by atoms with E-state index in [2.05, 4.69) is 23.6 Å². The highest BCUT2D eigenvalue weighted by molar-refractivity contribution is 4.82. The Bertz CT molecular complexity index is 143. The molecule has 0 radical (unpaired) electrons. The van der Waals surface area contributed by atoms with Crippen molar-refractivity contribution in [3.63, 3.8) is 0 Å². The average molecular weight is 199 g/mol. The van der Waals surface area contributed by atoms with Gasteiger partial charge in [-0.2, -0.15) is 0 Å². The first-order valence-corrected chi connectivity index (χ1v) is 5.98. The molecule has 0 spiro atoms. The van der Waals surface area contributed by atoms with Gasteiger partial charge in [0.15, 0.2) is 0 Å². The van der Waals surface area contributed by atoms with Gasteiger partial charge in [0.25, 0.3) is 0 Å².